The highest BCUT2D eigenvalue weighted by atomic mass is 16.5. The van der Waals surface area contributed by atoms with Crippen molar-refractivity contribution < 1.29 is 9.53 Å². The number of rotatable bonds is 2. The van der Waals surface area contributed by atoms with Crippen LogP contribution in [0.4, 0.5) is 0 Å². The average molecular weight is 307 g/mol. The van der Waals surface area contributed by atoms with E-state index < -0.39 is 0 Å². The van der Waals surface area contributed by atoms with Gasteiger partial charge < -0.3 is 4.74 Å². The van der Waals surface area contributed by atoms with Crippen molar-refractivity contribution >= 4 is 5.97 Å². The first-order valence-electron chi connectivity index (χ1n) is 7.66. The van der Waals surface area contributed by atoms with Gasteiger partial charge in [0, 0.05) is 11.8 Å². The van der Waals surface area contributed by atoms with Crippen molar-refractivity contribution in [3.8, 4) is 11.8 Å². The normalized spacial score (nSPS) is 10.6. The molecular formula is C20H21NO2. The van der Waals surface area contributed by atoms with Crippen molar-refractivity contribution in [3.05, 3.63) is 65.0 Å². The third kappa shape index (κ3) is 4.69. The second kappa shape index (κ2) is 7.11. The molecule has 1 aromatic carbocycles. The molecule has 3 heteroatoms. The van der Waals surface area contributed by atoms with Crippen molar-refractivity contribution in [3.63, 3.8) is 0 Å². The Hall–Kier alpha value is -2.60. The van der Waals surface area contributed by atoms with Crippen molar-refractivity contribution in [2.24, 2.45) is 0 Å². The molecule has 0 N–H and O–H groups in total. The maximum Gasteiger partial charge on any atom is 0.339 e. The van der Waals surface area contributed by atoms with Gasteiger partial charge in [0.1, 0.15) is 5.69 Å². The Kier molecular flexibility index (Phi) is 5.18. The number of nitrogens with zero attached hydrogens (tertiary/aromatic N) is 1. The SMILES string of the molecule is CCOC(=O)c1ccc(C#Cc2cccc(C(C)(C)C)c2)nc1. The van der Waals surface area contributed by atoms with Crippen LogP contribution in [0.5, 0.6) is 0 Å². The molecule has 0 bridgehead atoms. The number of ether oxygens (including phenoxy) is 1. The van der Waals surface area contributed by atoms with E-state index in [0.29, 0.717) is 17.9 Å². The average Bonchev–Trinajstić information content (AvgIpc) is 2.53. The molecule has 1 aromatic heterocycles. The van der Waals surface area contributed by atoms with E-state index in [4.69, 9.17) is 4.74 Å². The molecule has 2 aromatic rings. The molecule has 0 aliphatic heterocycles. The minimum Gasteiger partial charge on any atom is -0.462 e. The van der Waals surface area contributed by atoms with Gasteiger partial charge in [-0.2, -0.15) is 0 Å². The number of carbonyl (C=O) groups is 1. The van der Waals surface area contributed by atoms with Gasteiger partial charge in [-0.15, -0.1) is 0 Å². The number of hydrogen-bond acceptors (Lipinski definition) is 3. The minimum absolute atomic E-state index is 0.0945. The van der Waals surface area contributed by atoms with Gasteiger partial charge in [-0.05, 0) is 48.1 Å². The number of hydrogen-bond donors (Lipinski definition) is 0. The number of carbonyl (C=O) groups excluding carboxylic acids is 1. The molecule has 0 unspecified atom stereocenters. The fourth-order valence-electron chi connectivity index (χ4n) is 2.00. The Morgan fingerprint density at radius 2 is 1.96 bits per heavy atom. The first-order valence-corrected chi connectivity index (χ1v) is 7.66. The van der Waals surface area contributed by atoms with Crippen LogP contribution in [0.3, 0.4) is 0 Å². The summed E-state index contributed by atoms with van der Waals surface area (Å²) in [4.78, 5) is 15.8. The molecule has 0 aliphatic carbocycles. The van der Waals surface area contributed by atoms with Crippen LogP contribution in [-0.4, -0.2) is 17.6 Å². The molecule has 1 heterocycles. The first kappa shape index (κ1) is 16.8. The zero-order chi connectivity index (χ0) is 16.9. The van der Waals surface area contributed by atoms with E-state index in [-0.39, 0.29) is 11.4 Å². The molecule has 2 rings (SSSR count). The summed E-state index contributed by atoms with van der Waals surface area (Å²) in [5, 5.41) is 0. The van der Waals surface area contributed by atoms with E-state index in [1.165, 1.54) is 11.8 Å². The lowest BCUT2D eigenvalue weighted by molar-refractivity contribution is 0.0526. The van der Waals surface area contributed by atoms with Gasteiger partial charge in [-0.25, -0.2) is 9.78 Å². The van der Waals surface area contributed by atoms with Gasteiger partial charge in [-0.3, -0.25) is 0 Å². The molecule has 0 aliphatic rings. The molecule has 0 saturated carbocycles. The molecule has 0 radical (unpaired) electrons. The summed E-state index contributed by atoms with van der Waals surface area (Å²) in [7, 11) is 0. The van der Waals surface area contributed by atoms with Crippen molar-refractivity contribution in [2.45, 2.75) is 33.1 Å². The van der Waals surface area contributed by atoms with Gasteiger partial charge in [0.15, 0.2) is 0 Å². The smallest absolute Gasteiger partial charge is 0.339 e. The van der Waals surface area contributed by atoms with Crippen molar-refractivity contribution in [1.29, 1.82) is 0 Å². The molecule has 3 nitrogen and oxygen atoms in total. The standard InChI is InChI=1S/C20H21NO2/c1-5-23-19(22)16-10-12-18(21-14-16)11-9-15-7-6-8-17(13-15)20(2,3)4/h6-8,10,12-14H,5H2,1-4H3. The summed E-state index contributed by atoms with van der Waals surface area (Å²) in [6.07, 6.45) is 1.49. The minimum atomic E-state index is -0.364. The third-order valence-electron chi connectivity index (χ3n) is 3.34. The fourth-order valence-corrected chi connectivity index (χ4v) is 2.00. The molecule has 0 amide bonds. The van der Waals surface area contributed by atoms with Gasteiger partial charge in [0.25, 0.3) is 0 Å². The first-order chi connectivity index (χ1) is 10.9. The van der Waals surface area contributed by atoms with E-state index in [2.05, 4.69) is 49.7 Å². The number of esters is 1. The van der Waals surface area contributed by atoms with Crippen LogP contribution in [0.1, 0.15) is 54.9 Å². The van der Waals surface area contributed by atoms with Gasteiger partial charge in [-0.1, -0.05) is 38.8 Å². The zero-order valence-corrected chi connectivity index (χ0v) is 14.0. The van der Waals surface area contributed by atoms with Crippen molar-refractivity contribution in [1.82, 2.24) is 4.98 Å². The second-order valence-electron chi connectivity index (χ2n) is 6.23. The highest BCUT2D eigenvalue weighted by molar-refractivity contribution is 5.89. The van der Waals surface area contributed by atoms with E-state index in [9.17, 15) is 4.79 Å². The van der Waals surface area contributed by atoms with Gasteiger partial charge >= 0.3 is 5.97 Å². The fraction of sp³-hybridized carbons (Fsp3) is 0.300. The lowest BCUT2D eigenvalue weighted by atomic mass is 9.86. The van der Waals surface area contributed by atoms with Gasteiger partial charge in [0.2, 0.25) is 0 Å². The summed E-state index contributed by atoms with van der Waals surface area (Å²) in [6.45, 7) is 8.65. The molecule has 0 spiro atoms. The Bertz CT molecular complexity index is 744. The van der Waals surface area contributed by atoms with E-state index in [0.717, 1.165) is 5.56 Å². The zero-order valence-electron chi connectivity index (χ0n) is 14.0. The van der Waals surface area contributed by atoms with Crippen LogP contribution in [0.2, 0.25) is 0 Å². The lowest BCUT2D eigenvalue weighted by Gasteiger charge is -2.18. The maximum absolute atomic E-state index is 11.6. The highest BCUT2D eigenvalue weighted by Crippen LogP contribution is 2.22. The maximum atomic E-state index is 11.6. The summed E-state index contributed by atoms with van der Waals surface area (Å²) >= 11 is 0. The topological polar surface area (TPSA) is 39.2 Å². The Balaban J connectivity index is 2.18. The largest absolute Gasteiger partial charge is 0.462 e. The molecule has 0 saturated heterocycles. The molecule has 23 heavy (non-hydrogen) atoms. The predicted octanol–water partition coefficient (Wildman–Crippen LogP) is 3.96. The van der Waals surface area contributed by atoms with Gasteiger partial charge in [0.05, 0.1) is 12.2 Å². The van der Waals surface area contributed by atoms with Crippen molar-refractivity contribution in [2.75, 3.05) is 6.61 Å². The second-order valence-corrected chi connectivity index (χ2v) is 6.23. The summed E-state index contributed by atoms with van der Waals surface area (Å²) in [5.41, 5.74) is 3.35. The van der Waals surface area contributed by atoms with Crippen LogP contribution in [0.15, 0.2) is 42.6 Å². The molecular weight excluding hydrogens is 286 g/mol. The number of benzene rings is 1. The Morgan fingerprint density at radius 3 is 2.57 bits per heavy atom. The predicted molar refractivity (Wildman–Crippen MR) is 91.3 cm³/mol. The molecule has 0 fully saturated rings. The van der Waals surface area contributed by atoms with Crippen LogP contribution >= 0.6 is 0 Å². The monoisotopic (exact) mass is 307 g/mol. The summed E-state index contributed by atoms with van der Waals surface area (Å²) < 4.78 is 4.93. The van der Waals surface area contributed by atoms with Crippen LogP contribution in [-0.2, 0) is 10.2 Å². The Morgan fingerprint density at radius 1 is 1.17 bits per heavy atom. The van der Waals surface area contributed by atoms with E-state index >= 15 is 0 Å². The van der Waals surface area contributed by atoms with Crippen LogP contribution in [0, 0.1) is 11.8 Å². The third-order valence-corrected chi connectivity index (χ3v) is 3.34. The molecule has 118 valence electrons. The summed E-state index contributed by atoms with van der Waals surface area (Å²) in [5.74, 6) is 5.78. The van der Waals surface area contributed by atoms with E-state index in [1.807, 2.05) is 12.1 Å². The number of aromatic nitrogens is 1. The van der Waals surface area contributed by atoms with Crippen LogP contribution in [0.25, 0.3) is 0 Å². The summed E-state index contributed by atoms with van der Waals surface area (Å²) in [6, 6.07) is 11.6. The highest BCUT2D eigenvalue weighted by Gasteiger charge is 2.13. The lowest BCUT2D eigenvalue weighted by Crippen LogP contribution is -2.10. The van der Waals surface area contributed by atoms with Crippen LogP contribution < -0.4 is 0 Å². The quantitative estimate of drug-likeness (QED) is 0.623. The van der Waals surface area contributed by atoms with E-state index in [1.54, 1.807) is 19.1 Å². The Labute approximate surface area is 137 Å². The number of pyridine rings is 1. The molecule has 0 atom stereocenters.